The van der Waals surface area contributed by atoms with Crippen molar-refractivity contribution in [3.63, 3.8) is 0 Å². The minimum Gasteiger partial charge on any atom is -0.457 e. The van der Waals surface area contributed by atoms with Crippen molar-refractivity contribution in [3.8, 4) is 17.2 Å². The van der Waals surface area contributed by atoms with E-state index in [0.29, 0.717) is 17.2 Å². The van der Waals surface area contributed by atoms with Crippen molar-refractivity contribution in [2.24, 2.45) is 5.10 Å². The molecule has 0 radical (unpaired) electrons. The Labute approximate surface area is 210 Å². The summed E-state index contributed by atoms with van der Waals surface area (Å²) in [5.41, 5.74) is 9.14. The summed E-state index contributed by atoms with van der Waals surface area (Å²) in [4.78, 5) is 24.5. The molecule has 36 heavy (non-hydrogen) atoms. The second-order valence-electron chi connectivity index (χ2n) is 8.50. The maximum absolute atomic E-state index is 12.3. The topological polar surface area (TPSA) is 84.7 Å². The Hall–Kier alpha value is -4.65. The van der Waals surface area contributed by atoms with Crippen LogP contribution in [-0.4, -0.2) is 22.6 Å². The fourth-order valence-corrected chi connectivity index (χ4v) is 4.05. The van der Waals surface area contributed by atoms with Crippen LogP contribution in [0.25, 0.3) is 5.69 Å². The van der Waals surface area contributed by atoms with Gasteiger partial charge in [0.15, 0.2) is 0 Å². The van der Waals surface area contributed by atoms with Crippen LogP contribution in [0.3, 0.4) is 0 Å². The van der Waals surface area contributed by atoms with Crippen molar-refractivity contribution in [1.82, 2.24) is 9.99 Å². The van der Waals surface area contributed by atoms with Crippen molar-refractivity contribution in [3.05, 3.63) is 107 Å². The predicted molar refractivity (Wildman–Crippen MR) is 142 cm³/mol. The first-order valence-corrected chi connectivity index (χ1v) is 11.6. The van der Waals surface area contributed by atoms with Crippen LogP contribution < -0.4 is 15.5 Å². The number of anilines is 1. The zero-order valence-electron chi connectivity index (χ0n) is 20.7. The smallest absolute Gasteiger partial charge is 0.329 e. The Morgan fingerprint density at radius 2 is 1.44 bits per heavy atom. The lowest BCUT2D eigenvalue weighted by molar-refractivity contribution is -0.136. The predicted octanol–water partition coefficient (Wildman–Crippen LogP) is 5.59. The van der Waals surface area contributed by atoms with E-state index in [1.165, 1.54) is 11.1 Å². The van der Waals surface area contributed by atoms with Crippen molar-refractivity contribution >= 4 is 23.7 Å². The molecule has 3 aromatic carbocycles. The molecular weight excluding hydrogens is 452 g/mol. The summed E-state index contributed by atoms with van der Waals surface area (Å²) in [7, 11) is 0. The van der Waals surface area contributed by atoms with E-state index in [1.807, 2.05) is 56.3 Å². The number of benzene rings is 3. The molecule has 0 saturated heterocycles. The summed E-state index contributed by atoms with van der Waals surface area (Å²) >= 11 is 0. The molecule has 7 nitrogen and oxygen atoms in total. The van der Waals surface area contributed by atoms with Gasteiger partial charge in [-0.25, -0.2) is 5.43 Å². The van der Waals surface area contributed by atoms with E-state index in [9.17, 15) is 9.59 Å². The van der Waals surface area contributed by atoms with E-state index in [-0.39, 0.29) is 0 Å². The second-order valence-corrected chi connectivity index (χ2v) is 8.50. The van der Waals surface area contributed by atoms with Gasteiger partial charge in [0.05, 0.1) is 11.9 Å². The maximum atomic E-state index is 12.3. The van der Waals surface area contributed by atoms with E-state index in [0.717, 1.165) is 22.6 Å². The van der Waals surface area contributed by atoms with Gasteiger partial charge in [0, 0.05) is 22.6 Å². The van der Waals surface area contributed by atoms with Gasteiger partial charge in [-0.15, -0.1) is 0 Å². The summed E-state index contributed by atoms with van der Waals surface area (Å²) in [6.07, 6.45) is 1.55. The molecule has 0 spiro atoms. The normalized spacial score (nSPS) is 10.9. The van der Waals surface area contributed by atoms with Gasteiger partial charge in [-0.05, 0) is 81.3 Å². The molecule has 0 saturated carbocycles. The highest BCUT2D eigenvalue weighted by molar-refractivity contribution is 6.39. The Morgan fingerprint density at radius 1 is 0.806 bits per heavy atom. The number of ether oxygens (including phenoxy) is 1. The van der Waals surface area contributed by atoms with E-state index < -0.39 is 11.8 Å². The lowest BCUT2D eigenvalue weighted by Gasteiger charge is -2.15. The number of aryl methyl sites for hydroxylation is 3. The highest BCUT2D eigenvalue weighted by atomic mass is 16.5. The summed E-state index contributed by atoms with van der Waals surface area (Å²) in [5, 5.41) is 6.56. The van der Waals surface area contributed by atoms with Crippen LogP contribution in [-0.2, 0) is 9.59 Å². The van der Waals surface area contributed by atoms with Crippen LogP contribution in [0.15, 0.2) is 84.0 Å². The maximum Gasteiger partial charge on any atom is 0.329 e. The molecule has 2 N–H and O–H groups in total. The average molecular weight is 481 g/mol. The SMILES string of the molecule is Cc1cccc(C)c1-n1c(C)cc(/C=N\NC(=O)C(=O)Nc2ccc(Oc3ccccc3)cc2)c1C. The third-order valence-corrected chi connectivity index (χ3v) is 5.80. The number of nitrogens with one attached hydrogen (secondary N) is 2. The van der Waals surface area contributed by atoms with Crippen LogP contribution in [0.2, 0.25) is 0 Å². The summed E-state index contributed by atoms with van der Waals surface area (Å²) in [6, 6.07) is 24.3. The van der Waals surface area contributed by atoms with Crippen molar-refractivity contribution in [1.29, 1.82) is 0 Å². The van der Waals surface area contributed by atoms with Crippen molar-refractivity contribution < 1.29 is 14.3 Å². The Bertz CT molecular complexity index is 1400. The van der Waals surface area contributed by atoms with E-state index in [1.54, 1.807) is 30.5 Å². The molecule has 0 aliphatic carbocycles. The number of nitrogens with zero attached hydrogens (tertiary/aromatic N) is 2. The highest BCUT2D eigenvalue weighted by Crippen LogP contribution is 2.25. The van der Waals surface area contributed by atoms with Gasteiger partial charge < -0.3 is 14.6 Å². The molecule has 0 bridgehead atoms. The molecule has 1 heterocycles. The number of hydrogen-bond donors (Lipinski definition) is 2. The number of rotatable bonds is 6. The highest BCUT2D eigenvalue weighted by Gasteiger charge is 2.15. The monoisotopic (exact) mass is 480 g/mol. The lowest BCUT2D eigenvalue weighted by Crippen LogP contribution is -2.32. The standard InChI is InChI=1S/C29H28N4O3/c1-19-9-8-10-20(2)27(19)33-21(3)17-23(22(33)4)18-30-32-29(35)28(34)31-24-13-15-26(16-14-24)36-25-11-6-5-7-12-25/h5-18H,1-4H3,(H,31,34)(H,32,35)/b30-18-. The summed E-state index contributed by atoms with van der Waals surface area (Å²) < 4.78 is 7.90. The molecule has 0 aliphatic rings. The van der Waals surface area contributed by atoms with Gasteiger partial charge >= 0.3 is 11.8 Å². The first-order valence-electron chi connectivity index (χ1n) is 11.6. The van der Waals surface area contributed by atoms with Gasteiger partial charge in [0.2, 0.25) is 0 Å². The van der Waals surface area contributed by atoms with Crippen LogP contribution in [0.4, 0.5) is 5.69 Å². The molecular formula is C29H28N4O3. The van der Waals surface area contributed by atoms with Gasteiger partial charge in [-0.2, -0.15) is 5.10 Å². The van der Waals surface area contributed by atoms with Gasteiger partial charge in [0.25, 0.3) is 0 Å². The van der Waals surface area contributed by atoms with Crippen molar-refractivity contribution in [2.75, 3.05) is 5.32 Å². The number of para-hydroxylation sites is 2. The molecule has 7 heteroatoms. The number of aromatic nitrogens is 1. The van der Waals surface area contributed by atoms with Gasteiger partial charge in [-0.3, -0.25) is 9.59 Å². The molecule has 0 unspecified atom stereocenters. The first kappa shape index (κ1) is 24.5. The molecule has 0 aliphatic heterocycles. The lowest BCUT2D eigenvalue weighted by atomic mass is 10.1. The number of hydrazone groups is 1. The van der Waals surface area contributed by atoms with Crippen molar-refractivity contribution in [2.45, 2.75) is 27.7 Å². The number of hydrogen-bond acceptors (Lipinski definition) is 4. The third-order valence-electron chi connectivity index (χ3n) is 5.80. The van der Waals surface area contributed by atoms with E-state index in [2.05, 4.69) is 46.4 Å². The average Bonchev–Trinajstić information content (AvgIpc) is 3.14. The summed E-state index contributed by atoms with van der Waals surface area (Å²) in [6.45, 7) is 8.19. The fourth-order valence-electron chi connectivity index (χ4n) is 4.05. The quantitative estimate of drug-likeness (QED) is 0.214. The fraction of sp³-hybridized carbons (Fsp3) is 0.138. The largest absolute Gasteiger partial charge is 0.457 e. The molecule has 4 rings (SSSR count). The molecule has 0 atom stereocenters. The van der Waals surface area contributed by atoms with Crippen LogP contribution >= 0.6 is 0 Å². The number of carbonyl (C=O) groups excluding carboxylic acids is 2. The zero-order valence-corrected chi connectivity index (χ0v) is 20.7. The molecule has 1 aromatic heterocycles. The molecule has 4 aromatic rings. The minimum absolute atomic E-state index is 0.469. The summed E-state index contributed by atoms with van der Waals surface area (Å²) in [5.74, 6) is -0.350. The molecule has 2 amide bonds. The van der Waals surface area contributed by atoms with Crippen LogP contribution in [0, 0.1) is 27.7 Å². The zero-order chi connectivity index (χ0) is 25.7. The van der Waals surface area contributed by atoms with Gasteiger partial charge in [0.1, 0.15) is 11.5 Å². The Kier molecular flexibility index (Phi) is 7.30. The third kappa shape index (κ3) is 5.52. The van der Waals surface area contributed by atoms with Crippen LogP contribution in [0.5, 0.6) is 11.5 Å². The van der Waals surface area contributed by atoms with E-state index in [4.69, 9.17) is 4.74 Å². The van der Waals surface area contributed by atoms with Gasteiger partial charge in [-0.1, -0.05) is 36.4 Å². The molecule has 0 fully saturated rings. The minimum atomic E-state index is -0.862. The molecule has 182 valence electrons. The Balaban J connectivity index is 1.37. The Morgan fingerprint density at radius 3 is 2.11 bits per heavy atom. The number of carbonyl (C=O) groups is 2. The van der Waals surface area contributed by atoms with E-state index >= 15 is 0 Å². The number of amides is 2. The first-order chi connectivity index (χ1) is 17.3. The van der Waals surface area contributed by atoms with Crippen LogP contribution in [0.1, 0.15) is 28.1 Å². The second kappa shape index (κ2) is 10.7.